The number of hydrogen-bond donors (Lipinski definition) is 2. The second-order valence-corrected chi connectivity index (χ2v) is 8.61. The van der Waals surface area contributed by atoms with Crippen molar-refractivity contribution in [1.82, 2.24) is 28.9 Å². The van der Waals surface area contributed by atoms with E-state index in [1.54, 1.807) is 47.6 Å². The van der Waals surface area contributed by atoms with Gasteiger partial charge in [-0.25, -0.2) is 18.1 Å². The molecule has 0 fully saturated rings. The van der Waals surface area contributed by atoms with Crippen LogP contribution >= 0.6 is 0 Å². The van der Waals surface area contributed by atoms with E-state index in [1.807, 2.05) is 12.3 Å². The zero-order valence-electron chi connectivity index (χ0n) is 16.0. The van der Waals surface area contributed by atoms with Gasteiger partial charge in [-0.3, -0.25) is 14.5 Å². The molecule has 0 spiro atoms. The minimum Gasteiger partial charge on any atom is -0.305 e. The third-order valence-electron chi connectivity index (χ3n) is 4.27. The lowest BCUT2D eigenvalue weighted by Crippen LogP contribution is -2.22. The Kier molecular flexibility index (Phi) is 4.55. The monoisotopic (exact) mass is 413 g/mol. The van der Waals surface area contributed by atoms with Gasteiger partial charge in [0.1, 0.15) is 5.52 Å². The summed E-state index contributed by atoms with van der Waals surface area (Å²) in [5.41, 5.74) is 2.65. The summed E-state index contributed by atoms with van der Waals surface area (Å²) in [6.07, 6.45) is 6.33. The van der Waals surface area contributed by atoms with Crippen LogP contribution in [0.5, 0.6) is 0 Å². The Morgan fingerprint density at radius 2 is 1.97 bits per heavy atom. The van der Waals surface area contributed by atoms with Crippen LogP contribution in [-0.2, 0) is 23.6 Å². The zero-order valence-corrected chi connectivity index (χ0v) is 16.9. The van der Waals surface area contributed by atoms with Gasteiger partial charge in [-0.15, -0.1) is 0 Å². The highest BCUT2D eigenvalue weighted by atomic mass is 32.2. The van der Waals surface area contributed by atoms with Crippen LogP contribution in [0.4, 0.5) is 5.82 Å². The molecule has 0 saturated heterocycles. The average Bonchev–Trinajstić information content (AvgIpc) is 3.20. The second kappa shape index (κ2) is 6.94. The number of aryl methyl sites for hydroxylation is 2. The molecule has 3 aromatic heterocycles. The second-order valence-electron chi connectivity index (χ2n) is 6.78. The zero-order chi connectivity index (χ0) is 20.8. The van der Waals surface area contributed by atoms with Crippen molar-refractivity contribution in [3.63, 3.8) is 0 Å². The van der Waals surface area contributed by atoms with E-state index >= 15 is 0 Å². The lowest BCUT2D eigenvalue weighted by Gasteiger charge is -2.05. The first-order valence-corrected chi connectivity index (χ1v) is 10.6. The number of fused-ring (bicyclic) bond motifs is 2. The van der Waals surface area contributed by atoms with Gasteiger partial charge in [-0.05, 0) is 13.0 Å². The summed E-state index contributed by atoms with van der Waals surface area (Å²) < 4.78 is 28.6. The summed E-state index contributed by atoms with van der Waals surface area (Å²) in [5, 5.41) is 7.99. The van der Waals surface area contributed by atoms with E-state index < -0.39 is 10.0 Å². The van der Waals surface area contributed by atoms with E-state index in [-0.39, 0.29) is 12.5 Å². The highest BCUT2D eigenvalue weighted by Crippen LogP contribution is 2.19. The minimum absolute atomic E-state index is 0.00164. The molecule has 150 valence electrons. The van der Waals surface area contributed by atoms with Crippen molar-refractivity contribution in [3.8, 4) is 0 Å². The van der Waals surface area contributed by atoms with Crippen LogP contribution in [-0.4, -0.2) is 44.7 Å². The summed E-state index contributed by atoms with van der Waals surface area (Å²) in [4.78, 5) is 21.6. The number of imidazole rings is 1. The Hall–Kier alpha value is -3.31. The fraction of sp³-hybridized carbons (Fsp3) is 0.222. The number of benzene rings is 1. The number of anilines is 1. The molecule has 11 heteroatoms. The van der Waals surface area contributed by atoms with Crippen LogP contribution in [0.15, 0.2) is 36.8 Å². The first kappa shape index (κ1) is 19.0. The van der Waals surface area contributed by atoms with Crippen molar-refractivity contribution in [2.45, 2.75) is 13.5 Å². The summed E-state index contributed by atoms with van der Waals surface area (Å²) in [5.74, 6) is -0.00543. The molecule has 0 aliphatic heterocycles. The predicted octanol–water partition coefficient (Wildman–Crippen LogP) is 1.23. The van der Waals surface area contributed by atoms with E-state index in [4.69, 9.17) is 0 Å². The number of nitrogens with zero attached hydrogens (tertiary/aromatic N) is 5. The smallest absolute Gasteiger partial charge is 0.259 e. The molecule has 4 rings (SSSR count). The van der Waals surface area contributed by atoms with Gasteiger partial charge in [-0.2, -0.15) is 5.10 Å². The van der Waals surface area contributed by atoms with Crippen molar-refractivity contribution >= 4 is 38.3 Å². The normalized spacial score (nSPS) is 12.0. The molecule has 0 bridgehead atoms. The number of nitrogens with one attached hydrogen (secondary N) is 2. The number of aromatic nitrogens is 5. The predicted molar refractivity (Wildman–Crippen MR) is 108 cm³/mol. The third kappa shape index (κ3) is 3.96. The van der Waals surface area contributed by atoms with E-state index in [0.717, 1.165) is 11.6 Å². The standard InChI is InChI=1S/C18H19N7O3S/c1-11-8-25-10-15(21-17(25)14(20-11)7-19-29(3,27)28)22-18(26)13-6-4-5-12-9-24(2)23-16(12)13/h4-6,8-10,19H,7H2,1-3H3,(H,22,26). The van der Waals surface area contributed by atoms with Crippen molar-refractivity contribution in [2.75, 3.05) is 11.6 Å². The molecule has 0 unspecified atom stereocenters. The Morgan fingerprint density at radius 3 is 2.72 bits per heavy atom. The molecular weight excluding hydrogens is 394 g/mol. The van der Waals surface area contributed by atoms with Gasteiger partial charge in [0.05, 0.1) is 35.9 Å². The number of sulfonamides is 1. The maximum absolute atomic E-state index is 12.8. The maximum Gasteiger partial charge on any atom is 0.259 e. The molecule has 0 aliphatic carbocycles. The van der Waals surface area contributed by atoms with Crippen molar-refractivity contribution in [2.24, 2.45) is 7.05 Å². The van der Waals surface area contributed by atoms with Gasteiger partial charge in [0.15, 0.2) is 11.5 Å². The number of rotatable bonds is 5. The summed E-state index contributed by atoms with van der Waals surface area (Å²) in [6, 6.07) is 5.39. The molecule has 1 aromatic carbocycles. The van der Waals surface area contributed by atoms with Crippen molar-refractivity contribution in [3.05, 3.63) is 53.7 Å². The van der Waals surface area contributed by atoms with E-state index in [9.17, 15) is 13.2 Å². The maximum atomic E-state index is 12.8. The Labute approximate surface area is 166 Å². The van der Waals surface area contributed by atoms with Crippen LogP contribution in [0.2, 0.25) is 0 Å². The molecule has 10 nitrogen and oxygen atoms in total. The van der Waals surface area contributed by atoms with Gasteiger partial charge in [0.2, 0.25) is 10.0 Å². The highest BCUT2D eigenvalue weighted by Gasteiger charge is 2.16. The van der Waals surface area contributed by atoms with Gasteiger partial charge in [0.25, 0.3) is 5.91 Å². The first-order valence-electron chi connectivity index (χ1n) is 8.73. The molecule has 0 aliphatic rings. The van der Waals surface area contributed by atoms with E-state index in [2.05, 4.69) is 25.1 Å². The summed E-state index contributed by atoms with van der Waals surface area (Å²) in [7, 11) is -1.58. The summed E-state index contributed by atoms with van der Waals surface area (Å²) in [6.45, 7) is 1.80. The Bertz CT molecular complexity index is 1350. The van der Waals surface area contributed by atoms with Crippen LogP contribution < -0.4 is 10.0 Å². The molecule has 0 radical (unpaired) electrons. The fourth-order valence-electron chi connectivity index (χ4n) is 3.11. The lowest BCUT2D eigenvalue weighted by atomic mass is 10.1. The molecule has 4 aromatic rings. The highest BCUT2D eigenvalue weighted by molar-refractivity contribution is 7.88. The number of hydrogen-bond acceptors (Lipinski definition) is 6. The molecule has 1 amide bonds. The largest absolute Gasteiger partial charge is 0.305 e. The average molecular weight is 413 g/mol. The van der Waals surface area contributed by atoms with Gasteiger partial charge in [0, 0.05) is 24.8 Å². The fourth-order valence-corrected chi connectivity index (χ4v) is 3.51. The van der Waals surface area contributed by atoms with Crippen LogP contribution in [0.25, 0.3) is 16.6 Å². The summed E-state index contributed by atoms with van der Waals surface area (Å²) >= 11 is 0. The van der Waals surface area contributed by atoms with Gasteiger partial charge in [-0.1, -0.05) is 12.1 Å². The van der Waals surface area contributed by atoms with Gasteiger partial charge >= 0.3 is 0 Å². The lowest BCUT2D eigenvalue weighted by molar-refractivity contribution is 0.102. The molecule has 2 N–H and O–H groups in total. The van der Waals surface area contributed by atoms with Crippen molar-refractivity contribution in [1.29, 1.82) is 0 Å². The van der Waals surface area contributed by atoms with Gasteiger partial charge < -0.3 is 9.72 Å². The number of carbonyl (C=O) groups excluding carboxylic acids is 1. The quantitative estimate of drug-likeness (QED) is 0.507. The van der Waals surface area contributed by atoms with Crippen LogP contribution in [0.3, 0.4) is 0 Å². The third-order valence-corrected chi connectivity index (χ3v) is 4.94. The number of carbonyl (C=O) groups is 1. The van der Waals surface area contributed by atoms with Crippen LogP contribution in [0, 0.1) is 6.92 Å². The number of amides is 1. The molecular formula is C18H19N7O3S. The van der Waals surface area contributed by atoms with Crippen molar-refractivity contribution < 1.29 is 13.2 Å². The minimum atomic E-state index is -3.38. The molecule has 3 heterocycles. The van der Waals surface area contributed by atoms with E-state index in [1.165, 1.54) is 0 Å². The van der Waals surface area contributed by atoms with Crippen LogP contribution in [0.1, 0.15) is 21.7 Å². The Morgan fingerprint density at radius 1 is 1.17 bits per heavy atom. The molecule has 0 saturated carbocycles. The Balaban J connectivity index is 1.66. The topological polar surface area (TPSA) is 123 Å². The SMILES string of the molecule is Cc1cn2cc(NC(=O)c3cccc4cn(C)nc34)nc2c(CNS(C)(=O)=O)n1. The molecule has 0 atom stereocenters. The first-order chi connectivity index (χ1) is 13.7. The van der Waals surface area contributed by atoms with E-state index in [0.29, 0.717) is 33.9 Å². The molecule has 29 heavy (non-hydrogen) atoms.